The standard InChI is InChI=1S/C14H15ClN4O2/c1-21-8-7-16-13(20)12-5-6-17-14(19-12)18-11-4-2-3-10(15)9-11/h2-6,9H,7-8H2,1H3,(H,16,20)(H,17,18,19). The van der Waals surface area contributed by atoms with Crippen LogP contribution < -0.4 is 10.6 Å². The van der Waals surface area contributed by atoms with Gasteiger partial charge in [-0.25, -0.2) is 9.97 Å². The summed E-state index contributed by atoms with van der Waals surface area (Å²) in [7, 11) is 1.57. The summed E-state index contributed by atoms with van der Waals surface area (Å²) in [4.78, 5) is 20.1. The highest BCUT2D eigenvalue weighted by Gasteiger charge is 2.08. The number of amides is 1. The molecule has 0 atom stereocenters. The molecule has 0 saturated carbocycles. The highest BCUT2D eigenvalue weighted by Crippen LogP contribution is 2.17. The first-order chi connectivity index (χ1) is 10.2. The first kappa shape index (κ1) is 15.2. The minimum Gasteiger partial charge on any atom is -0.383 e. The Kier molecular flexibility index (Phi) is 5.48. The summed E-state index contributed by atoms with van der Waals surface area (Å²) in [6, 6.07) is 8.71. The molecule has 1 amide bonds. The van der Waals surface area contributed by atoms with E-state index in [-0.39, 0.29) is 11.6 Å². The van der Waals surface area contributed by atoms with Crippen molar-refractivity contribution in [3.05, 3.63) is 47.2 Å². The van der Waals surface area contributed by atoms with Gasteiger partial charge in [0.05, 0.1) is 6.61 Å². The van der Waals surface area contributed by atoms with Crippen molar-refractivity contribution in [2.75, 3.05) is 25.6 Å². The molecule has 2 N–H and O–H groups in total. The highest BCUT2D eigenvalue weighted by atomic mass is 35.5. The van der Waals surface area contributed by atoms with Crippen LogP contribution in [0, 0.1) is 0 Å². The maximum Gasteiger partial charge on any atom is 0.270 e. The van der Waals surface area contributed by atoms with Crippen molar-refractivity contribution in [1.82, 2.24) is 15.3 Å². The Balaban J connectivity index is 2.05. The molecular formula is C14H15ClN4O2. The second-order valence-electron chi connectivity index (χ2n) is 4.15. The van der Waals surface area contributed by atoms with Gasteiger partial charge in [0.1, 0.15) is 5.69 Å². The van der Waals surface area contributed by atoms with Crippen LogP contribution in [0.15, 0.2) is 36.5 Å². The van der Waals surface area contributed by atoms with Gasteiger partial charge in [-0.3, -0.25) is 4.79 Å². The molecule has 0 radical (unpaired) electrons. The number of halogens is 1. The van der Waals surface area contributed by atoms with E-state index in [9.17, 15) is 4.79 Å². The molecule has 0 bridgehead atoms. The fourth-order valence-corrected chi connectivity index (χ4v) is 1.79. The van der Waals surface area contributed by atoms with Gasteiger partial charge in [0, 0.05) is 30.6 Å². The second-order valence-corrected chi connectivity index (χ2v) is 4.59. The number of carbonyl (C=O) groups excluding carboxylic acids is 1. The van der Waals surface area contributed by atoms with Gasteiger partial charge >= 0.3 is 0 Å². The van der Waals surface area contributed by atoms with Gasteiger partial charge < -0.3 is 15.4 Å². The summed E-state index contributed by atoms with van der Waals surface area (Å²) in [6.45, 7) is 0.876. The number of nitrogens with zero attached hydrogens (tertiary/aromatic N) is 2. The lowest BCUT2D eigenvalue weighted by Crippen LogP contribution is -2.27. The number of aromatic nitrogens is 2. The molecule has 0 aliphatic rings. The Labute approximate surface area is 127 Å². The van der Waals surface area contributed by atoms with Crippen LogP contribution in [0.4, 0.5) is 11.6 Å². The predicted molar refractivity (Wildman–Crippen MR) is 81.0 cm³/mol. The van der Waals surface area contributed by atoms with E-state index in [1.54, 1.807) is 25.3 Å². The molecule has 1 aromatic carbocycles. The quantitative estimate of drug-likeness (QED) is 0.801. The van der Waals surface area contributed by atoms with Crippen molar-refractivity contribution in [2.24, 2.45) is 0 Å². The highest BCUT2D eigenvalue weighted by molar-refractivity contribution is 6.30. The number of anilines is 2. The monoisotopic (exact) mass is 306 g/mol. The summed E-state index contributed by atoms with van der Waals surface area (Å²) in [5, 5.41) is 6.30. The van der Waals surface area contributed by atoms with E-state index in [0.29, 0.717) is 24.1 Å². The van der Waals surface area contributed by atoms with E-state index in [4.69, 9.17) is 16.3 Å². The molecule has 7 heteroatoms. The zero-order chi connectivity index (χ0) is 15.1. The smallest absolute Gasteiger partial charge is 0.270 e. The number of rotatable bonds is 6. The first-order valence-electron chi connectivity index (χ1n) is 6.32. The van der Waals surface area contributed by atoms with Crippen LogP contribution >= 0.6 is 11.6 Å². The number of ether oxygens (including phenoxy) is 1. The Hall–Kier alpha value is -2.18. The molecule has 0 fully saturated rings. The van der Waals surface area contributed by atoms with Crippen LogP contribution in [0.5, 0.6) is 0 Å². The van der Waals surface area contributed by atoms with E-state index in [2.05, 4.69) is 20.6 Å². The molecule has 2 aromatic rings. The van der Waals surface area contributed by atoms with E-state index in [1.165, 1.54) is 6.20 Å². The Morgan fingerprint density at radius 2 is 2.24 bits per heavy atom. The molecule has 0 saturated heterocycles. The topological polar surface area (TPSA) is 76.1 Å². The number of hydrogen-bond acceptors (Lipinski definition) is 5. The summed E-state index contributed by atoms with van der Waals surface area (Å²) in [6.07, 6.45) is 1.52. The van der Waals surface area contributed by atoms with Crippen LogP contribution in [0.1, 0.15) is 10.5 Å². The first-order valence-corrected chi connectivity index (χ1v) is 6.69. The molecule has 110 valence electrons. The van der Waals surface area contributed by atoms with Crippen molar-refractivity contribution in [1.29, 1.82) is 0 Å². The average molecular weight is 307 g/mol. The normalized spacial score (nSPS) is 10.2. The molecular weight excluding hydrogens is 292 g/mol. The van der Waals surface area contributed by atoms with Crippen molar-refractivity contribution in [3.8, 4) is 0 Å². The average Bonchev–Trinajstić information content (AvgIpc) is 2.48. The van der Waals surface area contributed by atoms with Gasteiger partial charge in [0.25, 0.3) is 5.91 Å². The third-order valence-corrected chi connectivity index (χ3v) is 2.80. The predicted octanol–water partition coefficient (Wildman–Crippen LogP) is 2.25. The van der Waals surface area contributed by atoms with E-state index < -0.39 is 0 Å². The number of hydrogen-bond donors (Lipinski definition) is 2. The zero-order valence-electron chi connectivity index (χ0n) is 11.5. The van der Waals surface area contributed by atoms with Crippen molar-refractivity contribution >= 4 is 29.1 Å². The number of nitrogens with one attached hydrogen (secondary N) is 2. The number of methoxy groups -OCH3 is 1. The fraction of sp³-hybridized carbons (Fsp3) is 0.214. The molecule has 6 nitrogen and oxygen atoms in total. The Bertz CT molecular complexity index is 621. The van der Waals surface area contributed by atoms with Crippen LogP contribution in [-0.2, 0) is 4.74 Å². The third kappa shape index (κ3) is 4.70. The van der Waals surface area contributed by atoms with Gasteiger partial charge in [-0.1, -0.05) is 17.7 Å². The molecule has 1 aromatic heterocycles. The lowest BCUT2D eigenvalue weighted by Gasteiger charge is -2.07. The largest absolute Gasteiger partial charge is 0.383 e. The minimum absolute atomic E-state index is 0.274. The molecule has 0 aliphatic heterocycles. The SMILES string of the molecule is COCCNC(=O)c1ccnc(Nc2cccc(Cl)c2)n1. The van der Waals surface area contributed by atoms with Crippen LogP contribution in [0.2, 0.25) is 5.02 Å². The fourth-order valence-electron chi connectivity index (χ4n) is 1.60. The molecule has 0 aliphatic carbocycles. The number of carbonyl (C=O) groups is 1. The van der Waals surface area contributed by atoms with Crippen molar-refractivity contribution in [3.63, 3.8) is 0 Å². The summed E-state index contributed by atoms with van der Waals surface area (Å²) < 4.78 is 4.87. The summed E-state index contributed by atoms with van der Waals surface area (Å²) >= 11 is 5.91. The Morgan fingerprint density at radius 1 is 1.38 bits per heavy atom. The Morgan fingerprint density at radius 3 is 3.00 bits per heavy atom. The van der Waals surface area contributed by atoms with Gasteiger partial charge in [0.15, 0.2) is 0 Å². The maximum atomic E-state index is 11.9. The lowest BCUT2D eigenvalue weighted by atomic mass is 10.3. The van der Waals surface area contributed by atoms with Crippen molar-refractivity contribution < 1.29 is 9.53 Å². The lowest BCUT2D eigenvalue weighted by molar-refractivity contribution is 0.0932. The van der Waals surface area contributed by atoms with E-state index >= 15 is 0 Å². The van der Waals surface area contributed by atoms with Gasteiger partial charge in [0.2, 0.25) is 5.95 Å². The number of benzene rings is 1. The minimum atomic E-state index is -0.274. The van der Waals surface area contributed by atoms with E-state index in [0.717, 1.165) is 5.69 Å². The zero-order valence-corrected chi connectivity index (χ0v) is 12.2. The molecule has 2 rings (SSSR count). The van der Waals surface area contributed by atoms with Crippen LogP contribution in [0.25, 0.3) is 0 Å². The van der Waals surface area contributed by atoms with Crippen LogP contribution in [0.3, 0.4) is 0 Å². The second kappa shape index (κ2) is 7.56. The molecule has 1 heterocycles. The maximum absolute atomic E-state index is 11.9. The molecule has 21 heavy (non-hydrogen) atoms. The van der Waals surface area contributed by atoms with Gasteiger partial charge in [-0.05, 0) is 24.3 Å². The summed E-state index contributed by atoms with van der Waals surface area (Å²) in [5.74, 6) is 0.0558. The van der Waals surface area contributed by atoms with Crippen molar-refractivity contribution in [2.45, 2.75) is 0 Å². The third-order valence-electron chi connectivity index (χ3n) is 2.56. The molecule has 0 unspecified atom stereocenters. The van der Waals surface area contributed by atoms with Gasteiger partial charge in [-0.15, -0.1) is 0 Å². The van der Waals surface area contributed by atoms with E-state index in [1.807, 2.05) is 12.1 Å². The molecule has 0 spiro atoms. The van der Waals surface area contributed by atoms with Crippen LogP contribution in [-0.4, -0.2) is 36.1 Å². The van der Waals surface area contributed by atoms with Gasteiger partial charge in [-0.2, -0.15) is 0 Å². The summed E-state index contributed by atoms with van der Waals surface area (Å²) in [5.41, 5.74) is 1.03.